The maximum Gasteiger partial charge on any atom is 0.328 e. The number of rotatable bonds is 14. The number of phenolic OH excluding ortho intramolecular Hbond substituents is 1. The highest BCUT2D eigenvalue weighted by atomic mass is 32.2. The number of amides is 2. The Balaban J connectivity index is 1.71. The predicted molar refractivity (Wildman–Crippen MR) is 157 cm³/mol. The highest BCUT2D eigenvalue weighted by Crippen LogP contribution is 2.32. The number of thioether (sulfide) groups is 1. The van der Waals surface area contributed by atoms with E-state index < -0.39 is 28.7 Å². The Morgan fingerprint density at radius 3 is 2.37 bits per heavy atom. The van der Waals surface area contributed by atoms with Crippen LogP contribution in [0.3, 0.4) is 0 Å². The average molecular weight is 592 g/mol. The minimum Gasteiger partial charge on any atom is -0.508 e. The molecule has 2 amide bonds. The largest absolute Gasteiger partial charge is 0.508 e. The summed E-state index contributed by atoms with van der Waals surface area (Å²) in [5.74, 6) is -1.34. The minimum absolute atomic E-state index is 0.0885. The molecule has 1 aliphatic heterocycles. The molecule has 1 aromatic carbocycles. The van der Waals surface area contributed by atoms with Gasteiger partial charge in [-0.05, 0) is 42.9 Å². The second-order valence-corrected chi connectivity index (χ2v) is 12.4. The Labute approximate surface area is 247 Å². The van der Waals surface area contributed by atoms with E-state index in [1.165, 1.54) is 12.1 Å². The Morgan fingerprint density at radius 2 is 1.76 bits per heavy atom. The van der Waals surface area contributed by atoms with E-state index in [9.17, 15) is 24.3 Å². The minimum atomic E-state index is -1.17. The number of esters is 1. The molecule has 2 atom stereocenters. The van der Waals surface area contributed by atoms with Crippen molar-refractivity contribution in [3.8, 4) is 5.75 Å². The first-order valence-electron chi connectivity index (χ1n) is 14.7. The summed E-state index contributed by atoms with van der Waals surface area (Å²) >= 11 is 1.02. The maximum absolute atomic E-state index is 13.8. The number of nitrogens with zero attached hydrogens (tertiary/aromatic N) is 1. The van der Waals surface area contributed by atoms with Crippen molar-refractivity contribution in [2.24, 2.45) is 5.92 Å². The van der Waals surface area contributed by atoms with E-state index in [4.69, 9.17) is 9.47 Å². The summed E-state index contributed by atoms with van der Waals surface area (Å²) in [5.41, 5.74) is -0.422. The number of hydrogen-bond donors (Lipinski definition) is 3. The summed E-state index contributed by atoms with van der Waals surface area (Å²) in [4.78, 5) is 55.3. The first-order chi connectivity index (χ1) is 19.6. The molecular weight excluding hydrogens is 546 g/mol. The summed E-state index contributed by atoms with van der Waals surface area (Å²) in [5, 5.41) is 14.8. The van der Waals surface area contributed by atoms with Crippen molar-refractivity contribution in [3.63, 3.8) is 0 Å². The molecule has 1 saturated carbocycles. The fourth-order valence-corrected chi connectivity index (χ4v) is 6.06. The van der Waals surface area contributed by atoms with Gasteiger partial charge in [0.15, 0.2) is 0 Å². The standard InChI is InChI=1S/C30H45N3O7S/c1-4-5-16-40-28(37)24(19-22-8-10-23(34)11-9-22)31-29(38)30(12-6-7-13-30)32-27(36)26(21(2)3)41-25(35)20-33-14-17-39-18-15-33/h8-11,21,24,26,34H,4-7,12-20H2,1-3H3,(H,31,38)(H,32,36)/t24-,26-/m0/s1. The molecule has 2 fully saturated rings. The molecule has 3 rings (SSSR count). The van der Waals surface area contributed by atoms with Gasteiger partial charge in [0.25, 0.3) is 0 Å². The molecule has 10 nitrogen and oxygen atoms in total. The second kappa shape index (κ2) is 16.1. The van der Waals surface area contributed by atoms with E-state index in [1.807, 2.05) is 25.7 Å². The average Bonchev–Trinajstić information content (AvgIpc) is 3.42. The van der Waals surface area contributed by atoms with Gasteiger partial charge in [0.05, 0.1) is 31.6 Å². The van der Waals surface area contributed by atoms with E-state index in [2.05, 4.69) is 10.6 Å². The van der Waals surface area contributed by atoms with Crippen LogP contribution in [0.25, 0.3) is 0 Å². The first-order valence-corrected chi connectivity index (χ1v) is 15.6. The van der Waals surface area contributed by atoms with Crippen molar-refractivity contribution in [1.82, 2.24) is 15.5 Å². The van der Waals surface area contributed by atoms with Crippen molar-refractivity contribution < 1.29 is 33.8 Å². The summed E-state index contributed by atoms with van der Waals surface area (Å²) in [7, 11) is 0. The lowest BCUT2D eigenvalue weighted by atomic mass is 9.94. The van der Waals surface area contributed by atoms with Crippen LogP contribution in [0.2, 0.25) is 0 Å². The van der Waals surface area contributed by atoms with Gasteiger partial charge in [0, 0.05) is 19.5 Å². The van der Waals surface area contributed by atoms with Gasteiger partial charge in [-0.15, -0.1) is 0 Å². The van der Waals surface area contributed by atoms with E-state index in [0.717, 1.165) is 36.6 Å². The molecule has 0 spiro atoms. The fourth-order valence-electron chi connectivity index (χ4n) is 5.08. The number of hydrogen-bond acceptors (Lipinski definition) is 9. The van der Waals surface area contributed by atoms with E-state index in [1.54, 1.807) is 12.1 Å². The Morgan fingerprint density at radius 1 is 1.10 bits per heavy atom. The number of ether oxygens (including phenoxy) is 2. The number of carbonyl (C=O) groups excluding carboxylic acids is 4. The van der Waals surface area contributed by atoms with Gasteiger partial charge in [-0.25, -0.2) is 4.79 Å². The Bertz CT molecular complexity index is 1020. The van der Waals surface area contributed by atoms with Crippen LogP contribution >= 0.6 is 11.8 Å². The van der Waals surface area contributed by atoms with Crippen LogP contribution in [0.4, 0.5) is 0 Å². The molecule has 1 saturated heterocycles. The predicted octanol–water partition coefficient (Wildman–Crippen LogP) is 2.81. The molecule has 1 aromatic rings. The molecule has 1 aliphatic carbocycles. The lowest BCUT2D eigenvalue weighted by Crippen LogP contribution is -2.61. The molecule has 0 unspecified atom stereocenters. The number of morpholine rings is 1. The number of phenols is 1. The number of carbonyl (C=O) groups is 4. The van der Waals surface area contributed by atoms with E-state index in [0.29, 0.717) is 45.6 Å². The van der Waals surface area contributed by atoms with Gasteiger partial charge >= 0.3 is 5.97 Å². The number of nitrogens with one attached hydrogen (secondary N) is 2. The highest BCUT2D eigenvalue weighted by Gasteiger charge is 2.45. The molecule has 3 N–H and O–H groups in total. The zero-order valence-corrected chi connectivity index (χ0v) is 25.3. The van der Waals surface area contributed by atoms with Gasteiger partial charge in [-0.2, -0.15) is 0 Å². The third kappa shape index (κ3) is 10.0. The summed E-state index contributed by atoms with van der Waals surface area (Å²) in [6, 6.07) is 5.49. The van der Waals surface area contributed by atoms with Gasteiger partial charge in [0.2, 0.25) is 16.9 Å². The van der Waals surface area contributed by atoms with Crippen LogP contribution in [-0.4, -0.2) is 89.2 Å². The molecule has 1 heterocycles. The van der Waals surface area contributed by atoms with Crippen LogP contribution in [0.1, 0.15) is 64.9 Å². The molecule has 228 valence electrons. The monoisotopic (exact) mass is 591 g/mol. The Kier molecular flexibility index (Phi) is 12.9. The third-order valence-corrected chi connectivity index (χ3v) is 8.95. The molecule has 0 aromatic heterocycles. The molecule has 0 bridgehead atoms. The molecule has 2 aliphatic rings. The van der Waals surface area contributed by atoms with Crippen LogP contribution in [0.15, 0.2) is 24.3 Å². The molecular formula is C30H45N3O7S. The zero-order valence-electron chi connectivity index (χ0n) is 24.5. The fraction of sp³-hybridized carbons (Fsp3) is 0.667. The quantitative estimate of drug-likeness (QED) is 0.221. The first kappa shape index (κ1) is 32.9. The van der Waals surface area contributed by atoms with Crippen molar-refractivity contribution in [1.29, 1.82) is 0 Å². The number of benzene rings is 1. The van der Waals surface area contributed by atoms with Gasteiger partial charge in [-0.3, -0.25) is 19.3 Å². The van der Waals surface area contributed by atoms with Crippen LogP contribution < -0.4 is 10.6 Å². The SMILES string of the molecule is CCCCOC(=O)[C@H](Cc1ccc(O)cc1)NC(=O)C1(NC(=O)[C@@H](SC(=O)CN2CCOCC2)C(C)C)CCCC1. The number of unbranched alkanes of at least 4 members (excludes halogenated alkanes) is 1. The lowest BCUT2D eigenvalue weighted by molar-refractivity contribution is -0.149. The van der Waals surface area contributed by atoms with Gasteiger partial charge < -0.3 is 25.2 Å². The van der Waals surface area contributed by atoms with Crippen molar-refractivity contribution in [2.75, 3.05) is 39.5 Å². The van der Waals surface area contributed by atoms with Gasteiger partial charge in [0.1, 0.15) is 17.3 Å². The normalized spacial score (nSPS) is 18.4. The zero-order chi connectivity index (χ0) is 29.8. The van der Waals surface area contributed by atoms with Crippen LogP contribution in [-0.2, 0) is 35.1 Å². The number of aromatic hydroxyl groups is 1. The van der Waals surface area contributed by atoms with E-state index in [-0.39, 0.29) is 42.3 Å². The van der Waals surface area contributed by atoms with Crippen LogP contribution in [0, 0.1) is 5.92 Å². The molecule has 11 heteroatoms. The van der Waals surface area contributed by atoms with E-state index >= 15 is 0 Å². The molecule has 41 heavy (non-hydrogen) atoms. The second-order valence-electron chi connectivity index (χ2n) is 11.2. The highest BCUT2D eigenvalue weighted by molar-refractivity contribution is 8.14. The van der Waals surface area contributed by atoms with Gasteiger partial charge in [-0.1, -0.05) is 63.9 Å². The topological polar surface area (TPSA) is 134 Å². The van der Waals surface area contributed by atoms with Crippen LogP contribution in [0.5, 0.6) is 5.75 Å². The molecule has 0 radical (unpaired) electrons. The van der Waals surface area contributed by atoms with Crippen molar-refractivity contribution in [2.45, 2.75) is 82.5 Å². The lowest BCUT2D eigenvalue weighted by Gasteiger charge is -2.33. The van der Waals surface area contributed by atoms with Crippen molar-refractivity contribution >= 4 is 34.7 Å². The third-order valence-electron chi connectivity index (χ3n) is 7.54. The van der Waals surface area contributed by atoms with Crippen molar-refractivity contribution in [3.05, 3.63) is 29.8 Å². The maximum atomic E-state index is 13.8. The summed E-state index contributed by atoms with van der Waals surface area (Å²) < 4.78 is 10.8. The Hall–Kier alpha value is -2.63. The summed E-state index contributed by atoms with van der Waals surface area (Å²) in [6.45, 7) is 8.81. The smallest absolute Gasteiger partial charge is 0.328 e. The summed E-state index contributed by atoms with van der Waals surface area (Å²) in [6.07, 6.45) is 4.16.